The molecule has 0 aliphatic carbocycles. The molecular weight excluding hydrogens is 282 g/mol. The third-order valence-electron chi connectivity index (χ3n) is 1.84. The van der Waals surface area contributed by atoms with Crippen molar-refractivity contribution < 1.29 is 8.42 Å². The van der Waals surface area contributed by atoms with Crippen LogP contribution in [0, 0.1) is 0 Å². The smallest absolute Gasteiger partial charge is 0.257 e. The summed E-state index contributed by atoms with van der Waals surface area (Å²) < 4.78 is 25.6. The van der Waals surface area contributed by atoms with E-state index in [9.17, 15) is 8.42 Å². The highest BCUT2D eigenvalue weighted by atomic mass is 79.9. The highest BCUT2D eigenvalue weighted by Crippen LogP contribution is 2.06. The average Bonchev–Trinajstić information content (AvgIpc) is 2.65. The van der Waals surface area contributed by atoms with Crippen LogP contribution < -0.4 is 4.72 Å². The summed E-state index contributed by atoms with van der Waals surface area (Å²) in [4.78, 5) is 0.411. The molecule has 86 valence electrons. The molecule has 1 atom stereocenters. The number of alkyl halides is 1. The summed E-state index contributed by atoms with van der Waals surface area (Å²) in [5.74, 6) is 0. The zero-order valence-corrected chi connectivity index (χ0v) is 10.8. The number of nitrogens with one attached hydrogen (secondary N) is 2. The molecule has 2 N–H and O–H groups in total. The molecule has 0 spiro atoms. The number of nitrogens with zero attached hydrogens (tertiary/aromatic N) is 1. The van der Waals surface area contributed by atoms with Gasteiger partial charge < -0.3 is 0 Å². The number of H-pyrrole nitrogens is 1. The van der Waals surface area contributed by atoms with Crippen LogP contribution in [0.2, 0.25) is 0 Å². The Morgan fingerprint density at radius 3 is 2.93 bits per heavy atom. The molecule has 7 heteroatoms. The van der Waals surface area contributed by atoms with Crippen LogP contribution in [-0.4, -0.2) is 30.0 Å². The van der Waals surface area contributed by atoms with Gasteiger partial charge in [-0.05, 0) is 18.9 Å². The maximum Gasteiger partial charge on any atom is 0.257 e. The van der Waals surface area contributed by atoms with Gasteiger partial charge in [0.2, 0.25) is 0 Å². The van der Waals surface area contributed by atoms with Gasteiger partial charge in [-0.2, -0.15) is 5.10 Å². The molecule has 1 aromatic rings. The van der Waals surface area contributed by atoms with Crippen LogP contribution >= 0.6 is 15.9 Å². The molecule has 0 aliphatic heterocycles. The van der Waals surface area contributed by atoms with Crippen molar-refractivity contribution >= 4 is 26.0 Å². The number of hydrogen-bond donors (Lipinski definition) is 2. The van der Waals surface area contributed by atoms with E-state index in [-0.39, 0.29) is 5.03 Å². The molecule has 0 bridgehead atoms. The third-order valence-corrected chi connectivity index (χ3v) is 3.68. The quantitative estimate of drug-likeness (QED) is 0.613. The van der Waals surface area contributed by atoms with Crippen molar-refractivity contribution in [2.75, 3.05) is 6.54 Å². The van der Waals surface area contributed by atoms with Gasteiger partial charge >= 0.3 is 0 Å². The standard InChI is InChI=1S/C8H14BrN3O2S/c1-7(9)3-2-5-11-15(13,14)8-4-6-10-12-8/h4,6-7,11H,2-3,5H2,1H3,(H,10,12). The molecule has 0 aromatic carbocycles. The summed E-state index contributed by atoms with van der Waals surface area (Å²) in [6, 6.07) is 1.43. The second-order valence-electron chi connectivity index (χ2n) is 3.24. The Hall–Kier alpha value is -0.400. The van der Waals surface area contributed by atoms with Crippen molar-refractivity contribution in [3.8, 4) is 0 Å². The first-order chi connectivity index (χ1) is 7.02. The lowest BCUT2D eigenvalue weighted by Gasteiger charge is -2.05. The molecule has 1 heterocycles. The summed E-state index contributed by atoms with van der Waals surface area (Å²) in [7, 11) is -3.40. The first-order valence-corrected chi connectivity index (χ1v) is 7.05. The second kappa shape index (κ2) is 5.62. The molecule has 0 fully saturated rings. The van der Waals surface area contributed by atoms with Crippen LogP contribution in [-0.2, 0) is 10.0 Å². The normalized spacial score (nSPS) is 14.0. The van der Waals surface area contributed by atoms with E-state index < -0.39 is 10.0 Å². The number of aromatic amines is 1. The van der Waals surface area contributed by atoms with E-state index in [0.717, 1.165) is 12.8 Å². The number of sulfonamides is 1. The van der Waals surface area contributed by atoms with Crippen LogP contribution in [0.4, 0.5) is 0 Å². The Morgan fingerprint density at radius 2 is 2.40 bits per heavy atom. The zero-order valence-electron chi connectivity index (χ0n) is 8.40. The van der Waals surface area contributed by atoms with Crippen molar-refractivity contribution in [3.63, 3.8) is 0 Å². The van der Waals surface area contributed by atoms with Crippen LogP contribution in [0.25, 0.3) is 0 Å². The molecule has 1 rings (SSSR count). The van der Waals surface area contributed by atoms with E-state index in [2.05, 4.69) is 30.8 Å². The lowest BCUT2D eigenvalue weighted by atomic mass is 10.2. The molecule has 5 nitrogen and oxygen atoms in total. The fraction of sp³-hybridized carbons (Fsp3) is 0.625. The van der Waals surface area contributed by atoms with Gasteiger partial charge in [0.05, 0.1) is 6.20 Å². The first kappa shape index (κ1) is 12.7. The van der Waals surface area contributed by atoms with Gasteiger partial charge in [-0.15, -0.1) is 0 Å². The van der Waals surface area contributed by atoms with Gasteiger partial charge in [-0.25, -0.2) is 13.1 Å². The minimum absolute atomic E-state index is 0.106. The highest BCUT2D eigenvalue weighted by Gasteiger charge is 2.13. The number of rotatable bonds is 6. The summed E-state index contributed by atoms with van der Waals surface area (Å²) in [6.45, 7) is 2.47. The van der Waals surface area contributed by atoms with Crippen molar-refractivity contribution in [3.05, 3.63) is 12.3 Å². The zero-order chi connectivity index (χ0) is 11.3. The molecule has 0 aliphatic rings. The molecule has 0 saturated carbocycles. The van der Waals surface area contributed by atoms with E-state index in [1.54, 1.807) is 0 Å². The fourth-order valence-electron chi connectivity index (χ4n) is 1.06. The lowest BCUT2D eigenvalue weighted by molar-refractivity contribution is 0.572. The van der Waals surface area contributed by atoms with E-state index >= 15 is 0 Å². The fourth-order valence-corrected chi connectivity index (χ4v) is 2.37. The number of halogens is 1. The first-order valence-electron chi connectivity index (χ1n) is 4.65. The molecule has 0 saturated heterocycles. The summed E-state index contributed by atoms with van der Waals surface area (Å²) in [5, 5.41) is 6.12. The Labute approximate surface area is 97.8 Å². The number of aromatic nitrogens is 2. The van der Waals surface area contributed by atoms with E-state index in [4.69, 9.17) is 0 Å². The molecule has 15 heavy (non-hydrogen) atoms. The van der Waals surface area contributed by atoms with Crippen LogP contribution in [0.3, 0.4) is 0 Å². The largest absolute Gasteiger partial charge is 0.266 e. The van der Waals surface area contributed by atoms with Gasteiger partial charge in [0.15, 0.2) is 5.03 Å². The van der Waals surface area contributed by atoms with Crippen molar-refractivity contribution in [2.24, 2.45) is 0 Å². The maximum atomic E-state index is 11.5. The van der Waals surface area contributed by atoms with Gasteiger partial charge in [0.25, 0.3) is 10.0 Å². The Morgan fingerprint density at radius 1 is 1.67 bits per heavy atom. The van der Waals surface area contributed by atoms with Gasteiger partial charge in [0, 0.05) is 11.4 Å². The topological polar surface area (TPSA) is 74.8 Å². The van der Waals surface area contributed by atoms with Crippen LogP contribution in [0.15, 0.2) is 17.3 Å². The lowest BCUT2D eigenvalue weighted by Crippen LogP contribution is -2.25. The van der Waals surface area contributed by atoms with Gasteiger partial charge in [0.1, 0.15) is 0 Å². The maximum absolute atomic E-state index is 11.5. The minimum atomic E-state index is -3.40. The van der Waals surface area contributed by atoms with Crippen molar-refractivity contribution in [1.82, 2.24) is 14.9 Å². The van der Waals surface area contributed by atoms with Crippen molar-refractivity contribution in [1.29, 1.82) is 0 Å². The summed E-state index contributed by atoms with van der Waals surface area (Å²) >= 11 is 3.40. The van der Waals surface area contributed by atoms with Crippen molar-refractivity contribution in [2.45, 2.75) is 29.6 Å². The van der Waals surface area contributed by atoms with E-state index in [0.29, 0.717) is 11.4 Å². The Bertz CT molecular complexity index is 375. The third kappa shape index (κ3) is 4.31. The van der Waals surface area contributed by atoms with Crippen LogP contribution in [0.5, 0.6) is 0 Å². The summed E-state index contributed by atoms with van der Waals surface area (Å²) in [6.07, 6.45) is 3.15. The van der Waals surface area contributed by atoms with E-state index in [1.807, 2.05) is 6.92 Å². The molecule has 1 unspecified atom stereocenters. The highest BCUT2D eigenvalue weighted by molar-refractivity contribution is 9.09. The molecule has 0 amide bonds. The van der Waals surface area contributed by atoms with E-state index in [1.165, 1.54) is 12.3 Å². The Kier molecular flexibility index (Phi) is 4.75. The predicted octanol–water partition coefficient (Wildman–Crippen LogP) is 1.25. The molecule has 0 radical (unpaired) electrons. The van der Waals surface area contributed by atoms with Crippen LogP contribution in [0.1, 0.15) is 19.8 Å². The number of hydrogen-bond acceptors (Lipinski definition) is 3. The summed E-state index contributed by atoms with van der Waals surface area (Å²) in [5.41, 5.74) is 0. The SMILES string of the molecule is CC(Br)CCCNS(=O)(=O)c1ccn[nH]1. The Balaban J connectivity index is 2.39. The predicted molar refractivity (Wildman–Crippen MR) is 61.4 cm³/mol. The second-order valence-corrected chi connectivity index (χ2v) is 6.54. The average molecular weight is 296 g/mol. The van der Waals surface area contributed by atoms with Gasteiger partial charge in [-0.3, -0.25) is 5.10 Å². The molecular formula is C8H14BrN3O2S. The monoisotopic (exact) mass is 295 g/mol. The van der Waals surface area contributed by atoms with Gasteiger partial charge in [-0.1, -0.05) is 22.9 Å². The minimum Gasteiger partial charge on any atom is -0.266 e. The molecule has 1 aromatic heterocycles.